The van der Waals surface area contributed by atoms with Crippen LogP contribution in [0.4, 0.5) is 9.59 Å². The third-order valence-electron chi connectivity index (χ3n) is 3.66. The molecule has 0 aromatic carbocycles. The van der Waals surface area contributed by atoms with E-state index in [1.165, 1.54) is 22.3 Å². The molecule has 96 valence electrons. The summed E-state index contributed by atoms with van der Waals surface area (Å²) in [6.07, 6.45) is 0. The average molecular weight is 504 g/mol. The normalized spacial score (nSPS) is 19.8. The van der Waals surface area contributed by atoms with Crippen LogP contribution in [0.25, 0.3) is 0 Å². The summed E-state index contributed by atoms with van der Waals surface area (Å²) in [5.74, 6) is 0. The van der Waals surface area contributed by atoms with E-state index >= 15 is 0 Å². The van der Waals surface area contributed by atoms with Gasteiger partial charge in [-0.15, -0.1) is 0 Å². The minimum atomic E-state index is -1.29. The molecule has 0 radical (unpaired) electrons. The Hall–Kier alpha value is 0.786. The van der Waals surface area contributed by atoms with Crippen LogP contribution in [0.1, 0.15) is 34.6 Å². The molecule has 1 rings (SSSR count). The van der Waals surface area contributed by atoms with Gasteiger partial charge in [-0.05, 0) is 0 Å². The Morgan fingerprint density at radius 3 is 1.47 bits per heavy atom. The molecule has 0 saturated heterocycles. The van der Waals surface area contributed by atoms with Crippen LogP contribution in [-0.4, -0.2) is 5.45 Å². The van der Waals surface area contributed by atoms with Gasteiger partial charge in [-0.2, -0.15) is 0 Å². The van der Waals surface area contributed by atoms with Gasteiger partial charge in [-0.25, -0.2) is 0 Å². The molecule has 0 aromatic rings. The Bertz CT molecular complexity index is 425. The fraction of sp³-hybridized carbons (Fsp3) is 0.500. The summed E-state index contributed by atoms with van der Waals surface area (Å²) < 4.78 is -0.408. The van der Waals surface area contributed by atoms with Gasteiger partial charge >= 0.3 is 135 Å². The van der Waals surface area contributed by atoms with Crippen molar-refractivity contribution >= 4 is 50.6 Å². The fourth-order valence-electron chi connectivity index (χ4n) is 2.09. The van der Waals surface area contributed by atoms with Crippen molar-refractivity contribution in [2.75, 3.05) is 0 Å². The molecule has 1 aliphatic rings. The predicted octanol–water partition coefficient (Wildman–Crippen LogP) is 5.58. The molecule has 0 saturated carbocycles. The molecule has 0 unspecified atom stereocenters. The Kier molecular flexibility index (Phi) is 5.05. The van der Waals surface area contributed by atoms with Crippen molar-refractivity contribution in [3.63, 3.8) is 0 Å². The molecule has 0 bridgehead atoms. The Morgan fingerprint density at radius 1 is 0.941 bits per heavy atom. The first-order chi connectivity index (χ1) is 7.65. The van der Waals surface area contributed by atoms with E-state index in [4.69, 9.17) is 0 Å². The molecule has 0 heterocycles. The molecule has 0 spiro atoms. The monoisotopic (exact) mass is 504 g/mol. The van der Waals surface area contributed by atoms with E-state index < -0.39 is 13.7 Å². The van der Waals surface area contributed by atoms with E-state index in [1.807, 2.05) is 20.8 Å². The SMILES string of the molecule is CC1=C(C)[C](C)([Co+2]([C](=O)I)[C](=O)I)C(C)=C1C. The number of hydrogen-bond acceptors (Lipinski definition) is 2. The van der Waals surface area contributed by atoms with Gasteiger partial charge in [-0.1, -0.05) is 0 Å². The third kappa shape index (κ3) is 2.44. The maximum absolute atomic E-state index is 11.8. The topological polar surface area (TPSA) is 34.1 Å². The quantitative estimate of drug-likeness (QED) is 0.372. The van der Waals surface area contributed by atoms with Crippen LogP contribution in [-0.2, 0) is 13.7 Å². The third-order valence-corrected chi connectivity index (χ3v) is 9.26. The first-order valence-corrected chi connectivity index (χ1v) is 8.76. The van der Waals surface area contributed by atoms with Crippen LogP contribution < -0.4 is 0 Å². The first kappa shape index (κ1) is 15.8. The standard InChI is InChI=1S/C10H15.2CIO.Co/c1-6-7(2)9(4)10(5)8(6)3;2*2-1-3;/h1-5H3;;;/q;;;+2. The molecule has 0 amide bonds. The van der Waals surface area contributed by atoms with Crippen molar-refractivity contribution in [2.45, 2.75) is 39.0 Å². The zero-order chi connectivity index (χ0) is 13.5. The van der Waals surface area contributed by atoms with Gasteiger partial charge in [-0.3, -0.25) is 0 Å². The molecular weight excluding hydrogens is 489 g/mol. The summed E-state index contributed by atoms with van der Waals surface area (Å²) in [6.45, 7) is 10.3. The van der Waals surface area contributed by atoms with Crippen LogP contribution in [0.15, 0.2) is 22.3 Å². The van der Waals surface area contributed by atoms with Crippen molar-refractivity contribution < 1.29 is 23.2 Å². The Morgan fingerprint density at radius 2 is 1.24 bits per heavy atom. The number of carbonyl (C=O) groups is 2. The molecule has 5 heteroatoms. The fourth-order valence-corrected chi connectivity index (χ4v) is 9.98. The number of allylic oxidation sites excluding steroid dienone is 4. The van der Waals surface area contributed by atoms with E-state index in [2.05, 4.69) is 13.8 Å². The van der Waals surface area contributed by atoms with Crippen LogP contribution in [0, 0.1) is 0 Å². The maximum atomic E-state index is 11.8. The number of rotatable bonds is 3. The zero-order valence-corrected chi connectivity index (χ0v) is 15.8. The molecule has 0 aliphatic heterocycles. The van der Waals surface area contributed by atoms with Crippen LogP contribution in [0.5, 0.6) is 0 Å². The van der Waals surface area contributed by atoms with Crippen molar-refractivity contribution in [2.24, 2.45) is 0 Å². The molecule has 0 fully saturated rings. The van der Waals surface area contributed by atoms with Gasteiger partial charge in [0, 0.05) is 0 Å². The second-order valence-electron chi connectivity index (χ2n) is 4.12. The Balaban J connectivity index is 3.47. The van der Waals surface area contributed by atoms with E-state index in [0.29, 0.717) is 0 Å². The summed E-state index contributed by atoms with van der Waals surface area (Å²) in [4.78, 5) is 23.7. The Labute approximate surface area is 134 Å². The second kappa shape index (κ2) is 5.42. The van der Waals surface area contributed by atoms with Gasteiger partial charge in [0.15, 0.2) is 0 Å². The van der Waals surface area contributed by atoms with Crippen molar-refractivity contribution in [3.05, 3.63) is 22.3 Å². The first-order valence-electron chi connectivity index (χ1n) is 5.04. The van der Waals surface area contributed by atoms with E-state index in [-0.39, 0.29) is 9.80 Å². The number of halogens is 2. The molecule has 0 N–H and O–H groups in total. The average Bonchev–Trinajstić information content (AvgIpc) is 2.34. The number of hydrogen-bond donors (Lipinski definition) is 0. The number of carbonyl (C=O) groups excluding carboxylic acids is 2. The molecule has 1 aliphatic carbocycles. The van der Waals surface area contributed by atoms with Gasteiger partial charge in [0.1, 0.15) is 0 Å². The predicted molar refractivity (Wildman–Crippen MR) is 83.9 cm³/mol. The van der Waals surface area contributed by atoms with Crippen molar-refractivity contribution in [3.8, 4) is 0 Å². The van der Waals surface area contributed by atoms with Gasteiger partial charge in [0.25, 0.3) is 0 Å². The van der Waals surface area contributed by atoms with Gasteiger partial charge in [0.05, 0.1) is 0 Å². The second-order valence-corrected chi connectivity index (χ2v) is 10.6. The van der Waals surface area contributed by atoms with E-state index in [9.17, 15) is 9.59 Å². The van der Waals surface area contributed by atoms with Crippen molar-refractivity contribution in [1.29, 1.82) is 0 Å². The van der Waals surface area contributed by atoms with Gasteiger partial charge < -0.3 is 0 Å². The van der Waals surface area contributed by atoms with Gasteiger partial charge in [0.2, 0.25) is 0 Å². The summed E-state index contributed by atoms with van der Waals surface area (Å²) in [5.41, 5.74) is 4.81. The molecule has 17 heavy (non-hydrogen) atoms. The summed E-state index contributed by atoms with van der Waals surface area (Å²) in [6, 6.07) is 0. The molecule has 0 aromatic heterocycles. The van der Waals surface area contributed by atoms with Crippen LogP contribution in [0.3, 0.4) is 0 Å². The zero-order valence-electron chi connectivity index (χ0n) is 10.4. The summed E-state index contributed by atoms with van der Waals surface area (Å²) in [7, 11) is 0. The van der Waals surface area contributed by atoms with E-state index in [0.717, 1.165) is 0 Å². The van der Waals surface area contributed by atoms with Crippen LogP contribution in [0.2, 0.25) is 4.35 Å². The van der Waals surface area contributed by atoms with E-state index in [1.54, 1.807) is 45.2 Å². The molecular formula is C12H15CoI2O2+2. The summed E-state index contributed by atoms with van der Waals surface area (Å²) >= 11 is 2.26. The molecule has 2 nitrogen and oxygen atoms in total. The van der Waals surface area contributed by atoms with Crippen molar-refractivity contribution in [1.82, 2.24) is 0 Å². The minimum absolute atomic E-state index is 0.0156. The molecule has 0 atom stereocenters. The summed E-state index contributed by atoms with van der Waals surface area (Å²) in [5, 5.41) is 0. The van der Waals surface area contributed by atoms with Crippen LogP contribution >= 0.6 is 45.2 Å².